The number of benzene rings is 1. The highest BCUT2D eigenvalue weighted by atomic mass is 16.2. The number of rotatable bonds is 1. The van der Waals surface area contributed by atoms with Crippen LogP contribution in [0.3, 0.4) is 0 Å². The average molecular weight is 209 g/mol. The van der Waals surface area contributed by atoms with Crippen molar-refractivity contribution >= 4 is 0 Å². The summed E-state index contributed by atoms with van der Waals surface area (Å²) in [5, 5.41) is 8.58. The van der Waals surface area contributed by atoms with E-state index >= 15 is 0 Å². The van der Waals surface area contributed by atoms with Gasteiger partial charge in [-0.1, -0.05) is 30.0 Å². The molecule has 2 nitrogen and oxygen atoms in total. The van der Waals surface area contributed by atoms with Crippen molar-refractivity contribution in [1.29, 1.82) is 0 Å². The molecular formula is C14H11NO. The lowest BCUT2D eigenvalue weighted by Crippen LogP contribution is -1.80. The molecule has 0 saturated heterocycles. The summed E-state index contributed by atoms with van der Waals surface area (Å²) >= 11 is 0. The molecule has 0 fully saturated rings. The molecule has 0 bridgehead atoms. The van der Waals surface area contributed by atoms with Gasteiger partial charge >= 0.3 is 0 Å². The summed E-state index contributed by atoms with van der Waals surface area (Å²) < 4.78 is 0. The Labute approximate surface area is 94.6 Å². The van der Waals surface area contributed by atoms with Gasteiger partial charge in [-0.05, 0) is 29.3 Å². The fourth-order valence-corrected chi connectivity index (χ4v) is 1.42. The maximum absolute atomic E-state index is 8.58. The van der Waals surface area contributed by atoms with Crippen molar-refractivity contribution in [3.8, 4) is 23.0 Å². The highest BCUT2D eigenvalue weighted by molar-refractivity contribution is 5.63. The Morgan fingerprint density at radius 3 is 2.50 bits per heavy atom. The Morgan fingerprint density at radius 1 is 1.06 bits per heavy atom. The van der Waals surface area contributed by atoms with Crippen LogP contribution < -0.4 is 0 Å². The molecule has 0 aliphatic rings. The molecule has 0 unspecified atom stereocenters. The maximum Gasteiger partial charge on any atom is 0.104 e. The van der Waals surface area contributed by atoms with Gasteiger partial charge in [0.05, 0.1) is 0 Å². The predicted octanol–water partition coefficient (Wildman–Crippen LogP) is 2.09. The molecule has 2 heteroatoms. The molecule has 0 radical (unpaired) electrons. The van der Waals surface area contributed by atoms with Gasteiger partial charge in [0, 0.05) is 18.0 Å². The summed E-state index contributed by atoms with van der Waals surface area (Å²) in [6.07, 6.45) is 3.58. The monoisotopic (exact) mass is 209 g/mol. The summed E-state index contributed by atoms with van der Waals surface area (Å²) in [6, 6.07) is 11.8. The Bertz CT molecular complexity index is 506. The Balaban J connectivity index is 2.26. The number of aliphatic hydroxyl groups is 1. The van der Waals surface area contributed by atoms with E-state index in [4.69, 9.17) is 5.11 Å². The highest BCUT2D eigenvalue weighted by Crippen LogP contribution is 2.17. The van der Waals surface area contributed by atoms with Crippen LogP contribution in [0.4, 0.5) is 0 Å². The number of hydrogen-bond acceptors (Lipinski definition) is 2. The van der Waals surface area contributed by atoms with Gasteiger partial charge in [0.2, 0.25) is 0 Å². The summed E-state index contributed by atoms with van der Waals surface area (Å²) in [7, 11) is 0. The van der Waals surface area contributed by atoms with E-state index in [2.05, 4.69) is 16.8 Å². The van der Waals surface area contributed by atoms with Crippen LogP contribution >= 0.6 is 0 Å². The molecule has 0 aliphatic heterocycles. The van der Waals surface area contributed by atoms with Gasteiger partial charge in [0.25, 0.3) is 0 Å². The molecule has 1 heterocycles. The van der Waals surface area contributed by atoms with Crippen LogP contribution in [0.2, 0.25) is 0 Å². The largest absolute Gasteiger partial charge is 0.384 e. The first kappa shape index (κ1) is 10.4. The molecular weight excluding hydrogens is 198 g/mol. The van der Waals surface area contributed by atoms with E-state index in [1.165, 1.54) is 0 Å². The lowest BCUT2D eigenvalue weighted by Gasteiger charge is -2.00. The fourth-order valence-electron chi connectivity index (χ4n) is 1.42. The quantitative estimate of drug-likeness (QED) is 0.729. The minimum absolute atomic E-state index is 0.107. The number of aromatic nitrogens is 1. The maximum atomic E-state index is 8.58. The minimum Gasteiger partial charge on any atom is -0.384 e. The van der Waals surface area contributed by atoms with Crippen LogP contribution in [0, 0.1) is 11.8 Å². The summed E-state index contributed by atoms with van der Waals surface area (Å²) in [5.41, 5.74) is 3.11. The molecule has 0 saturated carbocycles. The standard InChI is InChI=1S/C14H11NO/c16-10-2-3-12-5-7-13(8-6-12)14-4-1-9-15-11-14/h1,4-9,11,16H,10H2. The Kier molecular flexibility index (Phi) is 3.32. The van der Waals surface area contributed by atoms with Crippen LogP contribution in [0.15, 0.2) is 48.8 Å². The molecule has 2 aromatic rings. The molecule has 1 N–H and O–H groups in total. The lowest BCUT2D eigenvalue weighted by molar-refractivity contribution is 0.350. The van der Waals surface area contributed by atoms with E-state index in [0.717, 1.165) is 16.7 Å². The fraction of sp³-hybridized carbons (Fsp3) is 0.0714. The highest BCUT2D eigenvalue weighted by Gasteiger charge is 1.95. The molecule has 0 amide bonds. The van der Waals surface area contributed by atoms with E-state index in [1.54, 1.807) is 6.20 Å². The molecule has 16 heavy (non-hydrogen) atoms. The van der Waals surface area contributed by atoms with E-state index in [0.29, 0.717) is 0 Å². The predicted molar refractivity (Wildman–Crippen MR) is 63.6 cm³/mol. The number of pyridine rings is 1. The third kappa shape index (κ3) is 2.47. The molecule has 78 valence electrons. The van der Waals surface area contributed by atoms with Crippen molar-refractivity contribution in [2.45, 2.75) is 0 Å². The van der Waals surface area contributed by atoms with Crippen LogP contribution in [-0.2, 0) is 0 Å². The smallest absolute Gasteiger partial charge is 0.104 e. The Hall–Kier alpha value is -2.11. The van der Waals surface area contributed by atoms with Gasteiger partial charge in [-0.25, -0.2) is 0 Å². The second-order valence-electron chi connectivity index (χ2n) is 3.28. The molecule has 0 atom stereocenters. The van der Waals surface area contributed by atoms with Gasteiger partial charge in [-0.15, -0.1) is 0 Å². The molecule has 0 spiro atoms. The summed E-state index contributed by atoms with van der Waals surface area (Å²) in [4.78, 5) is 4.07. The van der Waals surface area contributed by atoms with Gasteiger partial charge in [-0.2, -0.15) is 0 Å². The molecule has 1 aromatic heterocycles. The zero-order valence-electron chi connectivity index (χ0n) is 8.72. The normalized spacial score (nSPS) is 9.31. The van der Waals surface area contributed by atoms with Gasteiger partial charge in [0.15, 0.2) is 0 Å². The van der Waals surface area contributed by atoms with Crippen molar-refractivity contribution < 1.29 is 5.11 Å². The average Bonchev–Trinajstić information content (AvgIpc) is 2.38. The SMILES string of the molecule is OCC#Cc1ccc(-c2cccnc2)cc1. The van der Waals surface area contributed by atoms with Crippen molar-refractivity contribution in [3.63, 3.8) is 0 Å². The lowest BCUT2D eigenvalue weighted by atomic mass is 10.1. The second-order valence-corrected chi connectivity index (χ2v) is 3.28. The van der Waals surface area contributed by atoms with Gasteiger partial charge < -0.3 is 5.11 Å². The van der Waals surface area contributed by atoms with E-state index < -0.39 is 0 Å². The minimum atomic E-state index is -0.107. The zero-order valence-corrected chi connectivity index (χ0v) is 8.72. The zero-order chi connectivity index (χ0) is 11.2. The molecule has 2 rings (SSSR count). The number of hydrogen-bond donors (Lipinski definition) is 1. The first-order chi connectivity index (χ1) is 7.90. The number of nitrogens with zero attached hydrogens (tertiary/aromatic N) is 1. The number of aliphatic hydroxyl groups excluding tert-OH is 1. The van der Waals surface area contributed by atoms with Crippen LogP contribution in [0.1, 0.15) is 5.56 Å². The van der Waals surface area contributed by atoms with Gasteiger partial charge in [0.1, 0.15) is 6.61 Å². The third-order valence-corrected chi connectivity index (χ3v) is 2.19. The Morgan fingerprint density at radius 2 is 1.88 bits per heavy atom. The second kappa shape index (κ2) is 5.11. The van der Waals surface area contributed by atoms with Crippen molar-refractivity contribution in [2.24, 2.45) is 0 Å². The van der Waals surface area contributed by atoms with Crippen molar-refractivity contribution in [3.05, 3.63) is 54.4 Å². The van der Waals surface area contributed by atoms with Crippen LogP contribution in [0.5, 0.6) is 0 Å². The van der Waals surface area contributed by atoms with Crippen molar-refractivity contribution in [2.75, 3.05) is 6.61 Å². The van der Waals surface area contributed by atoms with E-state index in [1.807, 2.05) is 42.6 Å². The van der Waals surface area contributed by atoms with Gasteiger partial charge in [-0.3, -0.25) is 4.98 Å². The first-order valence-corrected chi connectivity index (χ1v) is 5.00. The first-order valence-electron chi connectivity index (χ1n) is 5.00. The topological polar surface area (TPSA) is 33.1 Å². The van der Waals surface area contributed by atoms with Crippen LogP contribution in [-0.4, -0.2) is 16.7 Å². The van der Waals surface area contributed by atoms with E-state index in [-0.39, 0.29) is 6.61 Å². The van der Waals surface area contributed by atoms with E-state index in [9.17, 15) is 0 Å². The summed E-state index contributed by atoms with van der Waals surface area (Å²) in [5.74, 6) is 5.47. The summed E-state index contributed by atoms with van der Waals surface area (Å²) in [6.45, 7) is -0.107. The molecule has 0 aliphatic carbocycles. The molecule has 1 aromatic carbocycles. The van der Waals surface area contributed by atoms with Crippen molar-refractivity contribution in [1.82, 2.24) is 4.98 Å². The van der Waals surface area contributed by atoms with Crippen LogP contribution in [0.25, 0.3) is 11.1 Å². The third-order valence-electron chi connectivity index (χ3n) is 2.19.